The molecule has 1 rings (SSSR count). The number of hydrogen-bond acceptors (Lipinski definition) is 1. The molecule has 0 heterocycles. The SMILES string of the molecule is C=CCCC(Cc1cccc(Br)c1)NCCC. The van der Waals surface area contributed by atoms with E-state index in [4.69, 9.17) is 0 Å². The van der Waals surface area contributed by atoms with Crippen LogP contribution in [0.15, 0.2) is 41.4 Å². The second kappa shape index (κ2) is 8.48. The molecule has 17 heavy (non-hydrogen) atoms. The van der Waals surface area contributed by atoms with Crippen molar-refractivity contribution < 1.29 is 0 Å². The Bertz CT molecular complexity index is 335. The topological polar surface area (TPSA) is 12.0 Å². The first-order valence-electron chi connectivity index (χ1n) is 6.35. The van der Waals surface area contributed by atoms with E-state index in [0.29, 0.717) is 6.04 Å². The maximum Gasteiger partial charge on any atom is 0.0178 e. The van der Waals surface area contributed by atoms with E-state index in [1.807, 2.05) is 6.08 Å². The molecule has 1 atom stereocenters. The zero-order valence-electron chi connectivity index (χ0n) is 10.6. The van der Waals surface area contributed by atoms with Gasteiger partial charge in [-0.1, -0.05) is 41.1 Å². The van der Waals surface area contributed by atoms with Gasteiger partial charge >= 0.3 is 0 Å². The Morgan fingerprint density at radius 2 is 2.29 bits per heavy atom. The number of halogens is 1. The summed E-state index contributed by atoms with van der Waals surface area (Å²) < 4.78 is 1.16. The van der Waals surface area contributed by atoms with Gasteiger partial charge in [-0.3, -0.25) is 0 Å². The van der Waals surface area contributed by atoms with Crippen LogP contribution in [-0.2, 0) is 6.42 Å². The molecule has 1 N–H and O–H groups in total. The smallest absolute Gasteiger partial charge is 0.0178 e. The van der Waals surface area contributed by atoms with Crippen LogP contribution in [0.3, 0.4) is 0 Å². The number of allylic oxidation sites excluding steroid dienone is 1. The molecule has 0 aromatic heterocycles. The Labute approximate surface area is 113 Å². The summed E-state index contributed by atoms with van der Waals surface area (Å²) in [4.78, 5) is 0. The van der Waals surface area contributed by atoms with Crippen LogP contribution < -0.4 is 5.32 Å². The van der Waals surface area contributed by atoms with Crippen LogP contribution in [0.1, 0.15) is 31.7 Å². The second-order valence-corrected chi connectivity index (χ2v) is 5.27. The molecule has 0 aliphatic rings. The molecule has 2 heteroatoms. The molecule has 1 aromatic rings. The first-order valence-corrected chi connectivity index (χ1v) is 7.14. The zero-order chi connectivity index (χ0) is 12.5. The van der Waals surface area contributed by atoms with Gasteiger partial charge in [-0.15, -0.1) is 6.58 Å². The Hall–Kier alpha value is -0.600. The van der Waals surface area contributed by atoms with Crippen LogP contribution >= 0.6 is 15.9 Å². The van der Waals surface area contributed by atoms with Gasteiger partial charge in [0.25, 0.3) is 0 Å². The molecule has 1 aromatic carbocycles. The molecule has 0 fully saturated rings. The third kappa shape index (κ3) is 6.04. The highest BCUT2D eigenvalue weighted by atomic mass is 79.9. The van der Waals surface area contributed by atoms with E-state index in [1.54, 1.807) is 0 Å². The minimum atomic E-state index is 0.558. The predicted octanol–water partition coefficient (Wildman–Crippen LogP) is 4.33. The Morgan fingerprint density at radius 3 is 2.94 bits per heavy atom. The van der Waals surface area contributed by atoms with Gasteiger partial charge in [0.05, 0.1) is 0 Å². The van der Waals surface area contributed by atoms with Crippen molar-refractivity contribution in [3.05, 3.63) is 47.0 Å². The van der Waals surface area contributed by atoms with Crippen molar-refractivity contribution in [2.75, 3.05) is 6.54 Å². The van der Waals surface area contributed by atoms with Gasteiger partial charge in [0.1, 0.15) is 0 Å². The molecule has 0 bridgehead atoms. The third-order valence-corrected chi connectivity index (χ3v) is 3.27. The van der Waals surface area contributed by atoms with Crippen molar-refractivity contribution >= 4 is 15.9 Å². The molecule has 0 amide bonds. The lowest BCUT2D eigenvalue weighted by molar-refractivity contribution is 0.481. The molecule has 0 aliphatic carbocycles. The van der Waals surface area contributed by atoms with Gasteiger partial charge in [-0.05, 0) is 49.9 Å². The van der Waals surface area contributed by atoms with Crippen molar-refractivity contribution in [3.8, 4) is 0 Å². The van der Waals surface area contributed by atoms with E-state index >= 15 is 0 Å². The Morgan fingerprint density at radius 1 is 1.47 bits per heavy atom. The van der Waals surface area contributed by atoms with Crippen molar-refractivity contribution in [2.45, 2.75) is 38.6 Å². The van der Waals surface area contributed by atoms with Crippen molar-refractivity contribution in [2.24, 2.45) is 0 Å². The number of benzene rings is 1. The second-order valence-electron chi connectivity index (χ2n) is 4.35. The van der Waals surface area contributed by atoms with Crippen LogP contribution in [0.5, 0.6) is 0 Å². The Balaban J connectivity index is 2.54. The molecule has 0 saturated heterocycles. The largest absolute Gasteiger partial charge is 0.314 e. The van der Waals surface area contributed by atoms with E-state index in [0.717, 1.165) is 30.3 Å². The van der Waals surface area contributed by atoms with Crippen LogP contribution in [0.2, 0.25) is 0 Å². The highest BCUT2D eigenvalue weighted by Gasteiger charge is 2.07. The Kier molecular flexibility index (Phi) is 7.22. The molecular weight excluding hydrogens is 274 g/mol. The summed E-state index contributed by atoms with van der Waals surface area (Å²) >= 11 is 3.52. The van der Waals surface area contributed by atoms with Gasteiger partial charge < -0.3 is 5.32 Å². The molecule has 0 radical (unpaired) electrons. The highest BCUT2D eigenvalue weighted by molar-refractivity contribution is 9.10. The lowest BCUT2D eigenvalue weighted by atomic mass is 10.0. The standard InChI is InChI=1S/C15H22BrN/c1-3-5-9-15(17-10-4-2)12-13-7-6-8-14(16)11-13/h3,6-8,11,15,17H,1,4-5,9-10,12H2,2H3. The van der Waals surface area contributed by atoms with Gasteiger partial charge in [0.2, 0.25) is 0 Å². The van der Waals surface area contributed by atoms with Crippen LogP contribution in [-0.4, -0.2) is 12.6 Å². The van der Waals surface area contributed by atoms with E-state index in [1.165, 1.54) is 12.0 Å². The first kappa shape index (κ1) is 14.5. The maximum atomic E-state index is 3.80. The number of hydrogen-bond donors (Lipinski definition) is 1. The van der Waals surface area contributed by atoms with Crippen LogP contribution in [0, 0.1) is 0 Å². The van der Waals surface area contributed by atoms with Gasteiger partial charge in [-0.2, -0.15) is 0 Å². The molecule has 1 nitrogen and oxygen atoms in total. The third-order valence-electron chi connectivity index (χ3n) is 2.77. The summed E-state index contributed by atoms with van der Waals surface area (Å²) in [6.07, 6.45) is 6.52. The fourth-order valence-electron chi connectivity index (χ4n) is 1.89. The fourth-order valence-corrected chi connectivity index (χ4v) is 2.34. The summed E-state index contributed by atoms with van der Waals surface area (Å²) in [7, 11) is 0. The molecule has 1 unspecified atom stereocenters. The van der Waals surface area contributed by atoms with Gasteiger partial charge in [0.15, 0.2) is 0 Å². The van der Waals surface area contributed by atoms with E-state index in [-0.39, 0.29) is 0 Å². The highest BCUT2D eigenvalue weighted by Crippen LogP contribution is 2.14. The minimum absolute atomic E-state index is 0.558. The van der Waals surface area contributed by atoms with E-state index in [9.17, 15) is 0 Å². The van der Waals surface area contributed by atoms with Gasteiger partial charge in [-0.25, -0.2) is 0 Å². The average molecular weight is 296 g/mol. The molecule has 0 aliphatic heterocycles. The van der Waals surface area contributed by atoms with Crippen LogP contribution in [0.4, 0.5) is 0 Å². The summed E-state index contributed by atoms with van der Waals surface area (Å²) in [5.74, 6) is 0. The van der Waals surface area contributed by atoms with Crippen LogP contribution in [0.25, 0.3) is 0 Å². The number of nitrogens with one attached hydrogen (secondary N) is 1. The maximum absolute atomic E-state index is 3.80. The molecule has 0 saturated carbocycles. The lowest BCUT2D eigenvalue weighted by Gasteiger charge is -2.18. The lowest BCUT2D eigenvalue weighted by Crippen LogP contribution is -2.31. The number of rotatable bonds is 8. The minimum Gasteiger partial charge on any atom is -0.314 e. The summed E-state index contributed by atoms with van der Waals surface area (Å²) in [5, 5.41) is 3.61. The van der Waals surface area contributed by atoms with Crippen molar-refractivity contribution in [1.29, 1.82) is 0 Å². The van der Waals surface area contributed by atoms with Crippen molar-refractivity contribution in [1.82, 2.24) is 5.32 Å². The quantitative estimate of drug-likeness (QED) is 0.704. The predicted molar refractivity (Wildman–Crippen MR) is 79.4 cm³/mol. The monoisotopic (exact) mass is 295 g/mol. The fraction of sp³-hybridized carbons (Fsp3) is 0.467. The van der Waals surface area contributed by atoms with E-state index in [2.05, 4.69) is 59.0 Å². The average Bonchev–Trinajstić information content (AvgIpc) is 2.32. The molecule has 94 valence electrons. The zero-order valence-corrected chi connectivity index (χ0v) is 12.2. The molecular formula is C15H22BrN. The first-order chi connectivity index (χ1) is 8.26. The molecule has 0 spiro atoms. The summed E-state index contributed by atoms with van der Waals surface area (Å²) in [6.45, 7) is 7.10. The summed E-state index contributed by atoms with van der Waals surface area (Å²) in [6, 6.07) is 9.13. The van der Waals surface area contributed by atoms with Crippen molar-refractivity contribution in [3.63, 3.8) is 0 Å². The van der Waals surface area contributed by atoms with Gasteiger partial charge in [0, 0.05) is 10.5 Å². The van der Waals surface area contributed by atoms with E-state index < -0.39 is 0 Å². The normalized spacial score (nSPS) is 12.4. The summed E-state index contributed by atoms with van der Waals surface area (Å²) in [5.41, 5.74) is 1.39.